The van der Waals surface area contributed by atoms with E-state index in [0.717, 1.165) is 12.1 Å². The maximum atomic E-state index is 13.7. The van der Waals surface area contributed by atoms with Crippen molar-refractivity contribution >= 4 is 17.3 Å². The second-order valence-corrected chi connectivity index (χ2v) is 4.93. The van der Waals surface area contributed by atoms with E-state index in [0.29, 0.717) is 11.8 Å². The molecule has 4 nitrogen and oxygen atoms in total. The molecule has 1 amide bonds. The van der Waals surface area contributed by atoms with E-state index in [2.05, 4.69) is 10.5 Å². The molecule has 3 rings (SSSR count). The summed E-state index contributed by atoms with van der Waals surface area (Å²) in [6, 6.07) is 8.77. The van der Waals surface area contributed by atoms with Crippen molar-refractivity contribution in [3.8, 4) is 0 Å². The van der Waals surface area contributed by atoms with Crippen LogP contribution in [0.5, 0.6) is 0 Å². The van der Waals surface area contributed by atoms with Crippen LogP contribution in [0.1, 0.15) is 12.0 Å². The summed E-state index contributed by atoms with van der Waals surface area (Å²) in [6.07, 6.45) is -0.954. The molecule has 1 aliphatic rings. The van der Waals surface area contributed by atoms with Crippen LogP contribution >= 0.6 is 0 Å². The quantitative estimate of drug-likeness (QED) is 0.944. The minimum Gasteiger partial charge on any atom is -0.382 e. The Balaban J connectivity index is 1.68. The molecular formula is C16H11F3N2O2. The smallest absolute Gasteiger partial charge is 0.268 e. The molecule has 118 valence electrons. The second-order valence-electron chi connectivity index (χ2n) is 4.93. The average molecular weight is 320 g/mol. The Labute approximate surface area is 129 Å². The van der Waals surface area contributed by atoms with Crippen LogP contribution in [0, 0.1) is 17.5 Å². The number of hydrogen-bond donors (Lipinski definition) is 1. The minimum absolute atomic E-state index is 0.0512. The van der Waals surface area contributed by atoms with E-state index in [1.165, 1.54) is 18.2 Å². The maximum Gasteiger partial charge on any atom is 0.268 e. The van der Waals surface area contributed by atoms with Crippen molar-refractivity contribution in [2.45, 2.75) is 12.5 Å². The normalized spacial score (nSPS) is 16.7. The number of carbonyl (C=O) groups excluding carboxylic acids is 1. The lowest BCUT2D eigenvalue weighted by molar-refractivity contribution is -0.125. The van der Waals surface area contributed by atoms with Gasteiger partial charge in [0.2, 0.25) is 6.10 Å². The highest BCUT2D eigenvalue weighted by atomic mass is 19.1. The molecule has 0 fully saturated rings. The van der Waals surface area contributed by atoms with Gasteiger partial charge in [0.15, 0.2) is 0 Å². The molecule has 1 atom stereocenters. The Morgan fingerprint density at radius 1 is 1.13 bits per heavy atom. The van der Waals surface area contributed by atoms with Gasteiger partial charge in [0.25, 0.3) is 5.91 Å². The van der Waals surface area contributed by atoms with Crippen LogP contribution in [0.25, 0.3) is 0 Å². The molecular weight excluding hydrogens is 309 g/mol. The van der Waals surface area contributed by atoms with Crippen LogP contribution < -0.4 is 5.32 Å². The number of rotatable bonds is 3. The van der Waals surface area contributed by atoms with Crippen LogP contribution in [0.4, 0.5) is 18.9 Å². The molecule has 7 heteroatoms. The number of nitrogens with one attached hydrogen (secondary N) is 1. The Bertz CT molecular complexity index is 793. The summed E-state index contributed by atoms with van der Waals surface area (Å²) >= 11 is 0. The molecule has 0 radical (unpaired) electrons. The Morgan fingerprint density at radius 2 is 1.91 bits per heavy atom. The molecule has 1 heterocycles. The summed E-state index contributed by atoms with van der Waals surface area (Å²) in [5.74, 6) is -2.76. The number of oxime groups is 1. The predicted octanol–water partition coefficient (Wildman–Crippen LogP) is 3.24. The zero-order valence-corrected chi connectivity index (χ0v) is 11.7. The Kier molecular flexibility index (Phi) is 4.01. The van der Waals surface area contributed by atoms with Crippen LogP contribution in [-0.2, 0) is 9.63 Å². The largest absolute Gasteiger partial charge is 0.382 e. The number of amides is 1. The van der Waals surface area contributed by atoms with E-state index >= 15 is 0 Å². The predicted molar refractivity (Wildman–Crippen MR) is 77.4 cm³/mol. The van der Waals surface area contributed by atoms with Gasteiger partial charge in [-0.3, -0.25) is 4.79 Å². The van der Waals surface area contributed by atoms with Crippen molar-refractivity contribution in [3.63, 3.8) is 0 Å². The molecule has 0 unspecified atom stereocenters. The molecule has 2 aromatic carbocycles. The monoisotopic (exact) mass is 320 g/mol. The fourth-order valence-corrected chi connectivity index (χ4v) is 2.18. The van der Waals surface area contributed by atoms with Crippen molar-refractivity contribution in [3.05, 3.63) is 65.5 Å². The molecule has 0 aromatic heterocycles. The number of anilines is 1. The highest BCUT2D eigenvalue weighted by Crippen LogP contribution is 2.21. The molecule has 2 aromatic rings. The van der Waals surface area contributed by atoms with Gasteiger partial charge in [-0.2, -0.15) is 0 Å². The summed E-state index contributed by atoms with van der Waals surface area (Å²) in [7, 11) is 0. The molecule has 0 bridgehead atoms. The van der Waals surface area contributed by atoms with Crippen LogP contribution in [0.15, 0.2) is 47.6 Å². The number of halogens is 3. The first-order chi connectivity index (χ1) is 11.0. The lowest BCUT2D eigenvalue weighted by Gasteiger charge is -2.10. The minimum atomic E-state index is -1.01. The fourth-order valence-electron chi connectivity index (χ4n) is 2.18. The van der Waals surface area contributed by atoms with E-state index in [-0.39, 0.29) is 17.7 Å². The zero-order valence-electron chi connectivity index (χ0n) is 11.7. The van der Waals surface area contributed by atoms with Crippen molar-refractivity contribution < 1.29 is 22.8 Å². The van der Waals surface area contributed by atoms with Crippen molar-refractivity contribution in [2.24, 2.45) is 5.16 Å². The number of hydrogen-bond acceptors (Lipinski definition) is 3. The summed E-state index contributed by atoms with van der Waals surface area (Å²) in [4.78, 5) is 17.0. The Hall–Kier alpha value is -2.83. The third kappa shape index (κ3) is 3.18. The standard InChI is InChI=1S/C16H11F3N2O2/c17-9-5-6-13(12(19)7-9)20-16(22)15-8-14(21-23-15)10-3-1-2-4-11(10)18/h1-7,15H,8H2,(H,20,22)/t15-/m0/s1. The molecule has 23 heavy (non-hydrogen) atoms. The van der Waals surface area contributed by atoms with Gasteiger partial charge < -0.3 is 10.2 Å². The summed E-state index contributed by atoms with van der Waals surface area (Å²) < 4.78 is 40.0. The van der Waals surface area contributed by atoms with Crippen LogP contribution in [-0.4, -0.2) is 17.7 Å². The molecule has 0 saturated carbocycles. The lowest BCUT2D eigenvalue weighted by Crippen LogP contribution is -2.28. The first-order valence-corrected chi connectivity index (χ1v) is 6.78. The third-order valence-electron chi connectivity index (χ3n) is 3.34. The van der Waals surface area contributed by atoms with Gasteiger partial charge in [-0.05, 0) is 18.2 Å². The van der Waals surface area contributed by atoms with Crippen LogP contribution in [0.3, 0.4) is 0 Å². The van der Waals surface area contributed by atoms with Gasteiger partial charge in [0.1, 0.15) is 17.5 Å². The first-order valence-electron chi connectivity index (χ1n) is 6.78. The van der Waals surface area contributed by atoms with E-state index < -0.39 is 29.5 Å². The topological polar surface area (TPSA) is 50.7 Å². The molecule has 0 spiro atoms. The maximum absolute atomic E-state index is 13.7. The van der Waals surface area contributed by atoms with Gasteiger partial charge in [-0.1, -0.05) is 23.4 Å². The van der Waals surface area contributed by atoms with E-state index in [9.17, 15) is 18.0 Å². The van der Waals surface area contributed by atoms with Gasteiger partial charge in [-0.15, -0.1) is 0 Å². The summed E-state index contributed by atoms with van der Waals surface area (Å²) in [5.41, 5.74) is 0.373. The second kappa shape index (κ2) is 6.12. The lowest BCUT2D eigenvalue weighted by atomic mass is 10.0. The van der Waals surface area contributed by atoms with E-state index in [4.69, 9.17) is 4.84 Å². The SMILES string of the molecule is O=C(Nc1ccc(F)cc1F)[C@@H]1CC(c2ccccc2F)=NO1. The summed E-state index contributed by atoms with van der Waals surface area (Å²) in [5, 5.41) is 6.00. The van der Waals surface area contributed by atoms with Gasteiger partial charge in [0.05, 0.1) is 11.4 Å². The Morgan fingerprint density at radius 3 is 2.65 bits per heavy atom. The van der Waals surface area contributed by atoms with Crippen molar-refractivity contribution in [1.29, 1.82) is 0 Å². The highest BCUT2D eigenvalue weighted by Gasteiger charge is 2.30. The van der Waals surface area contributed by atoms with Gasteiger partial charge in [-0.25, -0.2) is 13.2 Å². The van der Waals surface area contributed by atoms with Crippen molar-refractivity contribution in [1.82, 2.24) is 0 Å². The zero-order chi connectivity index (χ0) is 16.4. The highest BCUT2D eigenvalue weighted by molar-refractivity contribution is 6.06. The van der Waals surface area contributed by atoms with E-state index in [1.807, 2.05) is 0 Å². The van der Waals surface area contributed by atoms with Gasteiger partial charge >= 0.3 is 0 Å². The number of carbonyl (C=O) groups is 1. The summed E-state index contributed by atoms with van der Waals surface area (Å²) in [6.45, 7) is 0. The average Bonchev–Trinajstić information content (AvgIpc) is 3.00. The third-order valence-corrected chi connectivity index (χ3v) is 3.34. The molecule has 0 aliphatic carbocycles. The van der Waals surface area contributed by atoms with Crippen molar-refractivity contribution in [2.75, 3.05) is 5.32 Å². The number of nitrogens with zero attached hydrogens (tertiary/aromatic N) is 1. The molecule has 1 aliphatic heterocycles. The first kappa shape index (κ1) is 15.1. The molecule has 1 N–H and O–H groups in total. The van der Waals surface area contributed by atoms with E-state index in [1.54, 1.807) is 6.07 Å². The van der Waals surface area contributed by atoms with Gasteiger partial charge in [0, 0.05) is 18.1 Å². The fraction of sp³-hybridized carbons (Fsp3) is 0.125. The number of benzene rings is 2. The molecule has 0 saturated heterocycles. The van der Waals surface area contributed by atoms with Crippen LogP contribution in [0.2, 0.25) is 0 Å².